The summed E-state index contributed by atoms with van der Waals surface area (Å²) in [7, 11) is 1.03. The lowest BCUT2D eigenvalue weighted by Crippen LogP contribution is -2.40. The summed E-state index contributed by atoms with van der Waals surface area (Å²) in [6.45, 7) is -2.35. The Labute approximate surface area is 138 Å². The average molecular weight is 363 g/mol. The van der Waals surface area contributed by atoms with Crippen LogP contribution in [-0.2, 0) is 9.53 Å². The number of benzene rings is 1. The molecule has 1 aromatic rings. The summed E-state index contributed by atoms with van der Waals surface area (Å²) in [5.41, 5.74) is -1.18. The van der Waals surface area contributed by atoms with Gasteiger partial charge < -0.3 is 15.4 Å². The molecule has 9 nitrogen and oxygen atoms in total. The van der Waals surface area contributed by atoms with E-state index in [0.717, 1.165) is 25.3 Å². The zero-order valence-corrected chi connectivity index (χ0v) is 12.7. The highest BCUT2D eigenvalue weighted by atomic mass is 19.4. The van der Waals surface area contributed by atoms with Crippen LogP contribution in [-0.4, -0.2) is 49.1 Å². The minimum absolute atomic E-state index is 0.275. The number of rotatable bonds is 6. The highest BCUT2D eigenvalue weighted by Gasteiger charge is 2.27. The van der Waals surface area contributed by atoms with Gasteiger partial charge in [0, 0.05) is 17.7 Å². The lowest BCUT2D eigenvalue weighted by molar-refractivity contribution is -0.384. The van der Waals surface area contributed by atoms with Crippen LogP contribution < -0.4 is 10.6 Å². The summed E-state index contributed by atoms with van der Waals surface area (Å²) in [5.74, 6) is -3.03. The van der Waals surface area contributed by atoms with Crippen LogP contribution in [0.3, 0.4) is 0 Å². The summed E-state index contributed by atoms with van der Waals surface area (Å²) in [6.07, 6.45) is -4.60. The summed E-state index contributed by atoms with van der Waals surface area (Å²) in [4.78, 5) is 44.6. The molecule has 0 spiro atoms. The van der Waals surface area contributed by atoms with Gasteiger partial charge in [-0.2, -0.15) is 13.2 Å². The van der Waals surface area contributed by atoms with Gasteiger partial charge in [0.15, 0.2) is 0 Å². The first-order valence-corrected chi connectivity index (χ1v) is 6.53. The van der Waals surface area contributed by atoms with Crippen LogP contribution >= 0.6 is 0 Å². The van der Waals surface area contributed by atoms with Gasteiger partial charge in [-0.15, -0.1) is 0 Å². The van der Waals surface area contributed by atoms with Gasteiger partial charge in [-0.3, -0.25) is 19.7 Å². The van der Waals surface area contributed by atoms with E-state index in [9.17, 15) is 37.7 Å². The van der Waals surface area contributed by atoms with Crippen molar-refractivity contribution in [3.63, 3.8) is 0 Å². The summed E-state index contributed by atoms with van der Waals surface area (Å²) in [5, 5.41) is 14.4. The number of methoxy groups -OCH3 is 1. The molecule has 0 heterocycles. The Bertz CT molecular complexity index is 705. The third-order valence-corrected chi connectivity index (χ3v) is 2.71. The second-order valence-electron chi connectivity index (χ2n) is 4.59. The molecule has 1 aromatic carbocycles. The van der Waals surface area contributed by atoms with Crippen LogP contribution in [0, 0.1) is 10.1 Å². The molecule has 0 radical (unpaired) electrons. The Morgan fingerprint density at radius 3 is 2.28 bits per heavy atom. The predicted octanol–water partition coefficient (Wildman–Crippen LogP) is 0.790. The number of carbonyl (C=O) groups excluding carboxylic acids is 3. The Kier molecular flexibility index (Phi) is 6.42. The van der Waals surface area contributed by atoms with Gasteiger partial charge in [0.25, 0.3) is 11.6 Å². The molecule has 12 heteroatoms. The molecule has 0 saturated heterocycles. The molecule has 1 rings (SSSR count). The van der Waals surface area contributed by atoms with Crippen LogP contribution in [0.15, 0.2) is 18.2 Å². The number of nitrogens with one attached hydrogen (secondary N) is 2. The largest absolute Gasteiger partial charge is 0.465 e. The number of hydrogen-bond donors (Lipinski definition) is 2. The number of nitrogens with zero attached hydrogens (tertiary/aromatic N) is 1. The van der Waals surface area contributed by atoms with Crippen molar-refractivity contribution in [2.24, 2.45) is 0 Å². The molecule has 0 aliphatic carbocycles. The van der Waals surface area contributed by atoms with E-state index in [2.05, 4.69) is 4.74 Å². The standard InChI is InChI=1S/C13H12F3N3O6/c1-25-12(22)8-2-7(3-9(4-8)19(23)24)11(21)17-5-10(20)18-6-13(14,15)16/h2-4H,5-6H2,1H3,(H,17,21)(H,18,20). The number of alkyl halides is 3. The van der Waals surface area contributed by atoms with Crippen molar-refractivity contribution in [2.45, 2.75) is 6.18 Å². The van der Waals surface area contributed by atoms with Crippen molar-refractivity contribution in [3.8, 4) is 0 Å². The molecule has 0 aromatic heterocycles. The van der Waals surface area contributed by atoms with Gasteiger partial charge in [0.1, 0.15) is 6.54 Å². The Morgan fingerprint density at radius 2 is 1.76 bits per heavy atom. The van der Waals surface area contributed by atoms with E-state index < -0.39 is 47.7 Å². The van der Waals surface area contributed by atoms with Gasteiger partial charge >= 0.3 is 12.1 Å². The zero-order chi connectivity index (χ0) is 19.2. The minimum atomic E-state index is -4.60. The van der Waals surface area contributed by atoms with E-state index in [0.29, 0.717) is 0 Å². The van der Waals surface area contributed by atoms with Gasteiger partial charge in [-0.05, 0) is 6.07 Å². The van der Waals surface area contributed by atoms with Gasteiger partial charge in [-0.25, -0.2) is 4.79 Å². The smallest absolute Gasteiger partial charge is 0.405 e. The first kappa shape index (κ1) is 19.9. The number of amides is 2. The molecule has 136 valence electrons. The SMILES string of the molecule is COC(=O)c1cc(C(=O)NCC(=O)NCC(F)(F)F)cc([N+](=O)[O-])c1. The summed E-state index contributed by atoms with van der Waals surface area (Å²) >= 11 is 0. The lowest BCUT2D eigenvalue weighted by atomic mass is 10.1. The van der Waals surface area contributed by atoms with Crippen molar-refractivity contribution in [2.75, 3.05) is 20.2 Å². The van der Waals surface area contributed by atoms with E-state index in [1.54, 1.807) is 0 Å². The second kappa shape index (κ2) is 8.08. The molecule has 2 N–H and O–H groups in total. The maximum Gasteiger partial charge on any atom is 0.405 e. The lowest BCUT2D eigenvalue weighted by Gasteiger charge is -2.09. The van der Waals surface area contributed by atoms with Crippen molar-refractivity contribution < 1.29 is 37.2 Å². The molecule has 2 amide bonds. The van der Waals surface area contributed by atoms with E-state index in [1.165, 1.54) is 5.32 Å². The fourth-order valence-corrected chi connectivity index (χ4v) is 1.61. The Hall–Kier alpha value is -3.18. The number of esters is 1. The molecule has 0 fully saturated rings. The first-order chi connectivity index (χ1) is 11.5. The molecule has 0 saturated carbocycles. The molecule has 25 heavy (non-hydrogen) atoms. The van der Waals surface area contributed by atoms with Crippen LogP contribution in [0.25, 0.3) is 0 Å². The van der Waals surface area contributed by atoms with Crippen molar-refractivity contribution in [1.29, 1.82) is 0 Å². The van der Waals surface area contributed by atoms with Crippen LogP contribution in [0.1, 0.15) is 20.7 Å². The first-order valence-electron chi connectivity index (χ1n) is 6.53. The van der Waals surface area contributed by atoms with Crippen molar-refractivity contribution >= 4 is 23.5 Å². The summed E-state index contributed by atoms with van der Waals surface area (Å²) < 4.78 is 40.2. The third kappa shape index (κ3) is 6.45. The van der Waals surface area contributed by atoms with E-state index in [-0.39, 0.29) is 11.1 Å². The molecule has 0 bridgehead atoms. The molecular formula is C13H12F3N3O6. The highest BCUT2D eigenvalue weighted by Crippen LogP contribution is 2.18. The van der Waals surface area contributed by atoms with Crippen LogP contribution in [0.5, 0.6) is 0 Å². The Morgan fingerprint density at radius 1 is 1.16 bits per heavy atom. The van der Waals surface area contributed by atoms with Gasteiger partial charge in [-0.1, -0.05) is 0 Å². The maximum atomic E-state index is 11.9. The normalized spacial score (nSPS) is 10.7. The molecule has 0 aliphatic heterocycles. The number of carbonyl (C=O) groups is 3. The number of nitro benzene ring substituents is 1. The van der Waals surface area contributed by atoms with Crippen molar-refractivity contribution in [3.05, 3.63) is 39.4 Å². The van der Waals surface area contributed by atoms with Crippen molar-refractivity contribution in [1.82, 2.24) is 10.6 Å². The Balaban J connectivity index is 2.83. The number of halogens is 3. The summed E-state index contributed by atoms with van der Waals surface area (Å²) in [6, 6.07) is 2.72. The highest BCUT2D eigenvalue weighted by molar-refractivity contribution is 6.00. The zero-order valence-electron chi connectivity index (χ0n) is 12.7. The molecular weight excluding hydrogens is 351 g/mol. The van der Waals surface area contributed by atoms with E-state index in [1.807, 2.05) is 5.32 Å². The van der Waals surface area contributed by atoms with Gasteiger partial charge in [0.2, 0.25) is 5.91 Å². The third-order valence-electron chi connectivity index (χ3n) is 2.71. The predicted molar refractivity (Wildman–Crippen MR) is 75.8 cm³/mol. The number of non-ortho nitro benzene ring substituents is 1. The van der Waals surface area contributed by atoms with E-state index in [4.69, 9.17) is 0 Å². The fourth-order valence-electron chi connectivity index (χ4n) is 1.61. The quantitative estimate of drug-likeness (QED) is 0.437. The number of hydrogen-bond acceptors (Lipinski definition) is 6. The topological polar surface area (TPSA) is 128 Å². The van der Waals surface area contributed by atoms with Crippen LogP contribution in [0.2, 0.25) is 0 Å². The molecule has 0 atom stereocenters. The maximum absolute atomic E-state index is 11.9. The number of ether oxygens (including phenoxy) is 1. The molecule has 0 unspecified atom stereocenters. The minimum Gasteiger partial charge on any atom is -0.465 e. The number of nitro groups is 1. The van der Waals surface area contributed by atoms with Gasteiger partial charge in [0.05, 0.1) is 24.1 Å². The average Bonchev–Trinajstić information content (AvgIpc) is 2.55. The second-order valence-corrected chi connectivity index (χ2v) is 4.59. The molecule has 0 aliphatic rings. The van der Waals surface area contributed by atoms with Crippen LogP contribution in [0.4, 0.5) is 18.9 Å². The van der Waals surface area contributed by atoms with E-state index >= 15 is 0 Å². The fraction of sp³-hybridized carbons (Fsp3) is 0.308. The monoisotopic (exact) mass is 363 g/mol.